The Morgan fingerprint density at radius 1 is 0.929 bits per heavy atom. The average Bonchev–Trinajstić information content (AvgIpc) is 3.12. The van der Waals surface area contributed by atoms with E-state index in [-0.39, 0.29) is 17.7 Å². The largest absolute Gasteiger partial charge is 0.379 e. The van der Waals surface area contributed by atoms with Gasteiger partial charge < -0.3 is 9.84 Å². The molecule has 1 aliphatic heterocycles. The fourth-order valence-corrected chi connectivity index (χ4v) is 5.52. The van der Waals surface area contributed by atoms with Gasteiger partial charge in [-0.3, -0.25) is 4.57 Å². The quantitative estimate of drug-likeness (QED) is 0.289. The summed E-state index contributed by atoms with van der Waals surface area (Å²) >= 11 is 0. The number of nitrogens with zero attached hydrogens (tertiary/aromatic N) is 5. The molecule has 3 heterocycles. The zero-order chi connectivity index (χ0) is 29.7. The summed E-state index contributed by atoms with van der Waals surface area (Å²) < 4.78 is 8.94. The first-order chi connectivity index (χ1) is 20.2. The van der Waals surface area contributed by atoms with Crippen molar-refractivity contribution in [3.05, 3.63) is 99.7 Å². The van der Waals surface area contributed by atoms with Crippen LogP contribution in [0.4, 0.5) is 0 Å². The first-order valence-electron chi connectivity index (χ1n) is 15.1. The molecule has 0 saturated carbocycles. The molecule has 2 aromatic heterocycles. The zero-order valence-electron chi connectivity index (χ0n) is 25.3. The Hall–Kier alpha value is -3.62. The highest BCUT2D eigenvalue weighted by Gasteiger charge is 2.33. The van der Waals surface area contributed by atoms with E-state index in [1.807, 2.05) is 6.92 Å². The van der Waals surface area contributed by atoms with Crippen LogP contribution in [0.25, 0.3) is 11.1 Å². The monoisotopic (exact) mass is 569 g/mol. The fraction of sp³-hybridized carbons (Fsp3) is 0.471. The molecule has 8 heteroatoms. The number of aliphatic hydroxyl groups is 1. The van der Waals surface area contributed by atoms with Gasteiger partial charge in [0.2, 0.25) is 0 Å². The number of aryl methyl sites for hydroxylation is 2. The third-order valence-electron chi connectivity index (χ3n) is 8.16. The van der Waals surface area contributed by atoms with E-state index in [0.29, 0.717) is 31.9 Å². The molecule has 1 atom stereocenters. The summed E-state index contributed by atoms with van der Waals surface area (Å²) in [6.07, 6.45) is 8.54. The van der Waals surface area contributed by atoms with Crippen molar-refractivity contribution >= 4 is 0 Å². The van der Waals surface area contributed by atoms with E-state index < -0.39 is 5.60 Å². The van der Waals surface area contributed by atoms with Gasteiger partial charge in [-0.25, -0.2) is 19.4 Å². The highest BCUT2D eigenvalue weighted by Crippen LogP contribution is 2.28. The van der Waals surface area contributed by atoms with Crippen LogP contribution in [0.2, 0.25) is 0 Å². The van der Waals surface area contributed by atoms with Crippen molar-refractivity contribution in [2.24, 2.45) is 0 Å². The maximum Gasteiger partial charge on any atom is 0.346 e. The normalized spacial score (nSPS) is 17.7. The van der Waals surface area contributed by atoms with Gasteiger partial charge in [0.15, 0.2) is 5.82 Å². The smallest absolute Gasteiger partial charge is 0.346 e. The Balaban J connectivity index is 1.18. The zero-order valence-corrected chi connectivity index (χ0v) is 25.3. The van der Waals surface area contributed by atoms with E-state index in [0.717, 1.165) is 54.6 Å². The predicted octanol–water partition coefficient (Wildman–Crippen LogP) is 5.43. The third-order valence-corrected chi connectivity index (χ3v) is 8.16. The van der Waals surface area contributed by atoms with Crippen molar-refractivity contribution in [1.82, 2.24) is 24.3 Å². The SMILES string of the molecule is CCn1c(CCCc2ccc(-c3cnc(C4(O)CCCCOC4)nc3)cc2)nn(Cc2ccc(C(C)(C)C)cc2)c1=O. The minimum absolute atomic E-state index is 0.0522. The molecule has 0 amide bonds. The van der Waals surface area contributed by atoms with Crippen LogP contribution >= 0.6 is 0 Å². The second kappa shape index (κ2) is 12.7. The lowest BCUT2D eigenvalue weighted by Gasteiger charge is -2.24. The molecule has 0 bridgehead atoms. The molecular weight excluding hydrogens is 526 g/mol. The van der Waals surface area contributed by atoms with Crippen LogP contribution in [0.3, 0.4) is 0 Å². The van der Waals surface area contributed by atoms with Crippen molar-refractivity contribution in [2.75, 3.05) is 13.2 Å². The predicted molar refractivity (Wildman–Crippen MR) is 164 cm³/mol. The van der Waals surface area contributed by atoms with Gasteiger partial charge in [-0.15, -0.1) is 0 Å². The average molecular weight is 570 g/mol. The number of hydrogen-bond donors (Lipinski definition) is 1. The lowest BCUT2D eigenvalue weighted by Crippen LogP contribution is -2.32. The summed E-state index contributed by atoms with van der Waals surface area (Å²) in [7, 11) is 0. The minimum atomic E-state index is -1.12. The van der Waals surface area contributed by atoms with E-state index >= 15 is 0 Å². The fourth-order valence-electron chi connectivity index (χ4n) is 5.52. The maximum absolute atomic E-state index is 13.0. The van der Waals surface area contributed by atoms with E-state index in [1.54, 1.807) is 21.6 Å². The second-order valence-corrected chi connectivity index (χ2v) is 12.4. The van der Waals surface area contributed by atoms with Gasteiger partial charge in [0.05, 0.1) is 13.2 Å². The van der Waals surface area contributed by atoms with E-state index in [1.165, 1.54) is 11.1 Å². The van der Waals surface area contributed by atoms with Crippen molar-refractivity contribution in [3.8, 4) is 11.1 Å². The van der Waals surface area contributed by atoms with Crippen LogP contribution in [-0.4, -0.2) is 42.6 Å². The molecule has 1 N–H and O–H groups in total. The summed E-state index contributed by atoms with van der Waals surface area (Å²) in [4.78, 5) is 22.0. The Labute approximate surface area is 248 Å². The van der Waals surface area contributed by atoms with E-state index in [2.05, 4.69) is 79.3 Å². The number of ether oxygens (including phenoxy) is 1. The summed E-state index contributed by atoms with van der Waals surface area (Å²) in [6, 6.07) is 16.9. The molecule has 1 saturated heterocycles. The first-order valence-corrected chi connectivity index (χ1v) is 15.1. The van der Waals surface area contributed by atoms with Crippen molar-refractivity contribution in [2.45, 2.75) is 90.3 Å². The van der Waals surface area contributed by atoms with Crippen LogP contribution < -0.4 is 5.69 Å². The third kappa shape index (κ3) is 6.88. The molecule has 0 radical (unpaired) electrons. The summed E-state index contributed by atoms with van der Waals surface area (Å²) in [5.41, 5.74) is 4.45. The molecule has 222 valence electrons. The Bertz CT molecular complexity index is 1510. The molecule has 1 unspecified atom stereocenters. The van der Waals surface area contributed by atoms with Crippen molar-refractivity contribution < 1.29 is 9.84 Å². The van der Waals surface area contributed by atoms with Crippen LogP contribution in [0, 0.1) is 0 Å². The lowest BCUT2D eigenvalue weighted by atomic mass is 9.87. The van der Waals surface area contributed by atoms with Crippen molar-refractivity contribution in [1.29, 1.82) is 0 Å². The van der Waals surface area contributed by atoms with E-state index in [4.69, 9.17) is 9.84 Å². The van der Waals surface area contributed by atoms with Gasteiger partial charge in [-0.1, -0.05) is 69.3 Å². The van der Waals surface area contributed by atoms with Gasteiger partial charge in [0.25, 0.3) is 0 Å². The molecule has 2 aromatic carbocycles. The highest BCUT2D eigenvalue weighted by molar-refractivity contribution is 5.61. The molecule has 1 aliphatic rings. The standard InChI is InChI=1S/C34H43N5O3/c1-5-38-30(37-39(32(38)40)23-26-13-17-29(18-14-26)33(2,3)4)10-8-9-25-11-15-27(16-12-25)28-21-35-31(36-22-28)34(41)19-6-7-20-42-24-34/h11-18,21-22,41H,5-10,19-20,23-24H2,1-4H3. The highest BCUT2D eigenvalue weighted by atomic mass is 16.5. The number of aromatic nitrogens is 5. The number of hydrogen-bond acceptors (Lipinski definition) is 6. The second-order valence-electron chi connectivity index (χ2n) is 12.4. The molecule has 5 rings (SSSR count). The Morgan fingerprint density at radius 2 is 1.62 bits per heavy atom. The summed E-state index contributed by atoms with van der Waals surface area (Å²) in [5.74, 6) is 1.26. The van der Waals surface area contributed by atoms with Gasteiger partial charge in [-0.2, -0.15) is 5.10 Å². The molecule has 1 fully saturated rings. The molecular formula is C34H43N5O3. The lowest BCUT2D eigenvalue weighted by molar-refractivity contribution is -0.0478. The Morgan fingerprint density at radius 3 is 2.29 bits per heavy atom. The summed E-state index contributed by atoms with van der Waals surface area (Å²) in [6.45, 7) is 10.6. The molecule has 42 heavy (non-hydrogen) atoms. The maximum atomic E-state index is 13.0. The number of rotatable bonds is 9. The van der Waals surface area contributed by atoms with Gasteiger partial charge in [0.1, 0.15) is 11.4 Å². The van der Waals surface area contributed by atoms with Crippen LogP contribution in [-0.2, 0) is 41.7 Å². The minimum Gasteiger partial charge on any atom is -0.379 e. The topological polar surface area (TPSA) is 95.1 Å². The molecule has 0 aliphatic carbocycles. The molecule has 8 nitrogen and oxygen atoms in total. The van der Waals surface area contributed by atoms with Gasteiger partial charge in [0, 0.05) is 37.5 Å². The van der Waals surface area contributed by atoms with Crippen LogP contribution in [0.15, 0.2) is 65.7 Å². The van der Waals surface area contributed by atoms with Crippen LogP contribution in [0.5, 0.6) is 0 Å². The Kier molecular flexibility index (Phi) is 9.04. The number of benzene rings is 2. The van der Waals surface area contributed by atoms with Gasteiger partial charge >= 0.3 is 5.69 Å². The first kappa shape index (κ1) is 29.9. The molecule has 4 aromatic rings. The molecule has 0 spiro atoms. The van der Waals surface area contributed by atoms with Crippen LogP contribution in [0.1, 0.15) is 81.7 Å². The van der Waals surface area contributed by atoms with E-state index in [9.17, 15) is 9.90 Å². The summed E-state index contributed by atoms with van der Waals surface area (Å²) in [5, 5.41) is 15.7. The van der Waals surface area contributed by atoms with Crippen molar-refractivity contribution in [3.63, 3.8) is 0 Å². The van der Waals surface area contributed by atoms with Gasteiger partial charge in [-0.05, 0) is 66.7 Å².